The number of carbonyl (C=O) groups is 2. The number of piperidine rings is 1. The van der Waals surface area contributed by atoms with E-state index in [-0.39, 0.29) is 24.3 Å². The number of aryl methyl sites for hydroxylation is 1. The number of fused-ring (bicyclic) bond motifs is 1. The highest BCUT2D eigenvalue weighted by Crippen LogP contribution is 2.31. The lowest BCUT2D eigenvalue weighted by Gasteiger charge is -2.35. The molecule has 0 saturated carbocycles. The van der Waals surface area contributed by atoms with Gasteiger partial charge in [-0.25, -0.2) is 0 Å². The summed E-state index contributed by atoms with van der Waals surface area (Å²) in [5, 5.41) is 10.1. The van der Waals surface area contributed by atoms with E-state index >= 15 is 0 Å². The predicted molar refractivity (Wildman–Crippen MR) is 89.5 cm³/mol. The van der Waals surface area contributed by atoms with Gasteiger partial charge < -0.3 is 14.4 Å². The molecular formula is C17H18BrNO4. The quantitative estimate of drug-likeness (QED) is 0.860. The second-order valence-electron chi connectivity index (χ2n) is 6.19. The smallest absolute Gasteiger partial charge is 0.308 e. The van der Waals surface area contributed by atoms with E-state index in [0.717, 1.165) is 15.4 Å². The van der Waals surface area contributed by atoms with Gasteiger partial charge in [-0.15, -0.1) is 0 Å². The summed E-state index contributed by atoms with van der Waals surface area (Å²) in [4.78, 5) is 25.6. The summed E-state index contributed by atoms with van der Waals surface area (Å²) in [6, 6.07) is 5.63. The Morgan fingerprint density at radius 2 is 2.04 bits per heavy atom. The third kappa shape index (κ3) is 3.00. The standard InChI is InChI=1S/C17H18BrNO4/c1-9-5-12-7-14(23-15(12)13(18)6-9)16(20)19-8-11(17(21)22)4-3-10(19)2/h5-7,10-11H,3-4,8H2,1-2H3,(H,21,22). The fourth-order valence-corrected chi connectivity index (χ4v) is 3.76. The lowest BCUT2D eigenvalue weighted by atomic mass is 9.93. The highest BCUT2D eigenvalue weighted by atomic mass is 79.9. The van der Waals surface area contributed by atoms with E-state index in [9.17, 15) is 14.7 Å². The number of rotatable bonds is 2. The molecule has 1 aromatic heterocycles. The van der Waals surface area contributed by atoms with Gasteiger partial charge in [0.05, 0.1) is 10.4 Å². The number of amides is 1. The Bertz CT molecular complexity index is 782. The van der Waals surface area contributed by atoms with Crippen molar-refractivity contribution in [3.8, 4) is 0 Å². The average Bonchev–Trinajstić information content (AvgIpc) is 2.91. The van der Waals surface area contributed by atoms with Crippen LogP contribution in [0.4, 0.5) is 0 Å². The summed E-state index contributed by atoms with van der Waals surface area (Å²) in [7, 11) is 0. The number of hydrogen-bond donors (Lipinski definition) is 1. The van der Waals surface area contributed by atoms with Gasteiger partial charge in [0.1, 0.15) is 5.58 Å². The van der Waals surface area contributed by atoms with E-state index < -0.39 is 11.9 Å². The third-order valence-corrected chi connectivity index (χ3v) is 5.01. The summed E-state index contributed by atoms with van der Waals surface area (Å²) in [6.45, 7) is 4.15. The number of nitrogens with zero attached hydrogens (tertiary/aromatic N) is 1. The number of likely N-dealkylation sites (tertiary alicyclic amines) is 1. The molecule has 1 N–H and O–H groups in total. The van der Waals surface area contributed by atoms with Crippen LogP contribution in [0.2, 0.25) is 0 Å². The first-order valence-corrected chi connectivity index (χ1v) is 8.39. The van der Waals surface area contributed by atoms with Crippen LogP contribution in [-0.2, 0) is 4.79 Å². The molecule has 5 nitrogen and oxygen atoms in total. The monoisotopic (exact) mass is 379 g/mol. The van der Waals surface area contributed by atoms with Gasteiger partial charge in [-0.2, -0.15) is 0 Å². The van der Waals surface area contributed by atoms with E-state index in [4.69, 9.17) is 4.42 Å². The highest BCUT2D eigenvalue weighted by Gasteiger charge is 2.34. The van der Waals surface area contributed by atoms with Crippen LogP contribution in [-0.4, -0.2) is 34.5 Å². The number of hydrogen-bond acceptors (Lipinski definition) is 3. The lowest BCUT2D eigenvalue weighted by Crippen LogP contribution is -2.47. The molecule has 1 aliphatic heterocycles. The van der Waals surface area contributed by atoms with E-state index in [2.05, 4.69) is 15.9 Å². The zero-order chi connectivity index (χ0) is 16.7. The van der Waals surface area contributed by atoms with Gasteiger partial charge in [0.2, 0.25) is 0 Å². The number of furan rings is 1. The van der Waals surface area contributed by atoms with Crippen molar-refractivity contribution in [1.29, 1.82) is 0 Å². The second kappa shape index (κ2) is 6.00. The molecular weight excluding hydrogens is 362 g/mol. The van der Waals surface area contributed by atoms with E-state index in [1.807, 2.05) is 26.0 Å². The molecule has 2 aromatic rings. The molecule has 1 aliphatic rings. The number of carboxylic acid groups (broad SMARTS) is 1. The van der Waals surface area contributed by atoms with Crippen LogP contribution in [0.1, 0.15) is 35.9 Å². The molecule has 1 fully saturated rings. The molecule has 23 heavy (non-hydrogen) atoms. The van der Waals surface area contributed by atoms with Crippen molar-refractivity contribution in [2.45, 2.75) is 32.7 Å². The summed E-state index contributed by atoms with van der Waals surface area (Å²) in [5.41, 5.74) is 1.71. The van der Waals surface area contributed by atoms with Crippen LogP contribution >= 0.6 is 15.9 Å². The first-order chi connectivity index (χ1) is 10.9. The molecule has 0 bridgehead atoms. The van der Waals surface area contributed by atoms with Gasteiger partial charge in [-0.05, 0) is 66.4 Å². The summed E-state index contributed by atoms with van der Waals surface area (Å²) in [6.07, 6.45) is 1.29. The normalized spacial score (nSPS) is 21.6. The summed E-state index contributed by atoms with van der Waals surface area (Å²) >= 11 is 3.45. The zero-order valence-electron chi connectivity index (χ0n) is 13.0. The zero-order valence-corrected chi connectivity index (χ0v) is 14.6. The maximum Gasteiger partial charge on any atom is 0.308 e. The van der Waals surface area contributed by atoms with E-state index in [1.165, 1.54) is 0 Å². The van der Waals surface area contributed by atoms with Crippen molar-refractivity contribution in [3.05, 3.63) is 34.0 Å². The molecule has 2 atom stereocenters. The number of benzene rings is 1. The first-order valence-electron chi connectivity index (χ1n) is 7.60. The Morgan fingerprint density at radius 1 is 1.30 bits per heavy atom. The van der Waals surface area contributed by atoms with Crippen LogP contribution in [0, 0.1) is 12.8 Å². The molecule has 1 aromatic carbocycles. The Morgan fingerprint density at radius 3 is 2.74 bits per heavy atom. The number of carbonyl (C=O) groups excluding carboxylic acids is 1. The van der Waals surface area contributed by atoms with Gasteiger partial charge in [0, 0.05) is 18.0 Å². The second-order valence-corrected chi connectivity index (χ2v) is 7.05. The third-order valence-electron chi connectivity index (χ3n) is 4.42. The predicted octanol–water partition coefficient (Wildman–Crippen LogP) is 3.83. The minimum atomic E-state index is -0.849. The highest BCUT2D eigenvalue weighted by molar-refractivity contribution is 9.10. The van der Waals surface area contributed by atoms with Crippen LogP contribution in [0.5, 0.6) is 0 Å². The maximum absolute atomic E-state index is 12.8. The van der Waals surface area contributed by atoms with Crippen molar-refractivity contribution in [2.75, 3.05) is 6.54 Å². The average molecular weight is 380 g/mol. The largest absolute Gasteiger partial charge is 0.481 e. The van der Waals surface area contributed by atoms with Gasteiger partial charge in [0.25, 0.3) is 5.91 Å². The Hall–Kier alpha value is -1.82. The maximum atomic E-state index is 12.8. The molecule has 3 rings (SSSR count). The molecule has 2 unspecified atom stereocenters. The van der Waals surface area contributed by atoms with Crippen molar-refractivity contribution in [1.82, 2.24) is 4.90 Å². The molecule has 1 amide bonds. The van der Waals surface area contributed by atoms with Gasteiger partial charge in [-0.3, -0.25) is 9.59 Å². The van der Waals surface area contributed by atoms with Gasteiger partial charge in [0.15, 0.2) is 5.76 Å². The molecule has 1 saturated heterocycles. The topological polar surface area (TPSA) is 70.8 Å². The molecule has 6 heteroatoms. The Balaban J connectivity index is 1.93. The van der Waals surface area contributed by atoms with E-state index in [0.29, 0.717) is 18.4 Å². The molecule has 0 radical (unpaired) electrons. The van der Waals surface area contributed by atoms with Crippen LogP contribution in [0.15, 0.2) is 27.1 Å². The SMILES string of the molecule is Cc1cc(Br)c2oc(C(=O)N3CC(C(=O)O)CCC3C)cc2c1. The minimum Gasteiger partial charge on any atom is -0.481 e. The van der Waals surface area contributed by atoms with Crippen LogP contribution < -0.4 is 0 Å². The lowest BCUT2D eigenvalue weighted by molar-refractivity contribution is -0.143. The number of carboxylic acids is 1. The molecule has 0 aliphatic carbocycles. The van der Waals surface area contributed by atoms with Crippen molar-refractivity contribution < 1.29 is 19.1 Å². The van der Waals surface area contributed by atoms with Gasteiger partial charge in [-0.1, -0.05) is 0 Å². The van der Waals surface area contributed by atoms with Crippen LogP contribution in [0.3, 0.4) is 0 Å². The van der Waals surface area contributed by atoms with Crippen molar-refractivity contribution >= 4 is 38.8 Å². The first kappa shape index (κ1) is 16.1. The van der Waals surface area contributed by atoms with Crippen LogP contribution in [0.25, 0.3) is 11.0 Å². The summed E-state index contributed by atoms with van der Waals surface area (Å²) in [5.74, 6) is -1.35. The van der Waals surface area contributed by atoms with Crippen molar-refractivity contribution in [2.24, 2.45) is 5.92 Å². The van der Waals surface area contributed by atoms with Crippen molar-refractivity contribution in [3.63, 3.8) is 0 Å². The Labute approximate surface area is 142 Å². The van der Waals surface area contributed by atoms with E-state index in [1.54, 1.807) is 11.0 Å². The summed E-state index contributed by atoms with van der Waals surface area (Å²) < 4.78 is 6.53. The molecule has 122 valence electrons. The Kier molecular flexibility index (Phi) is 4.19. The molecule has 2 heterocycles. The number of aliphatic carboxylic acids is 1. The fourth-order valence-electron chi connectivity index (χ4n) is 3.09. The molecule has 0 spiro atoms. The number of halogens is 1. The minimum absolute atomic E-state index is 0.0106. The fraction of sp³-hybridized carbons (Fsp3) is 0.412. The van der Waals surface area contributed by atoms with Gasteiger partial charge >= 0.3 is 5.97 Å².